The molecule has 0 aliphatic heterocycles. The molecule has 20 heavy (non-hydrogen) atoms. The molecule has 100 valence electrons. The third kappa shape index (κ3) is 1.57. The van der Waals surface area contributed by atoms with E-state index in [-0.39, 0.29) is 17.3 Å². The summed E-state index contributed by atoms with van der Waals surface area (Å²) in [5.41, 5.74) is 2.57. The van der Waals surface area contributed by atoms with Gasteiger partial charge in [-0.25, -0.2) is 9.37 Å². The fraction of sp³-hybridized carbons (Fsp3) is 0.143. The van der Waals surface area contributed by atoms with Crippen molar-refractivity contribution in [3.8, 4) is 11.1 Å². The number of aromatic nitrogens is 2. The fourth-order valence-corrected chi connectivity index (χ4v) is 4.05. The van der Waals surface area contributed by atoms with Crippen LogP contribution in [0.1, 0.15) is 16.3 Å². The first kappa shape index (κ1) is 12.1. The van der Waals surface area contributed by atoms with Crippen molar-refractivity contribution < 1.29 is 4.39 Å². The average Bonchev–Trinajstić information content (AvgIpc) is 2.92. The van der Waals surface area contributed by atoms with Gasteiger partial charge in [0, 0.05) is 16.9 Å². The Morgan fingerprint density at radius 2 is 2.30 bits per heavy atom. The van der Waals surface area contributed by atoms with E-state index in [9.17, 15) is 9.18 Å². The second kappa shape index (κ2) is 4.14. The van der Waals surface area contributed by atoms with Crippen molar-refractivity contribution in [3.63, 3.8) is 0 Å². The minimum absolute atomic E-state index is 0.176. The van der Waals surface area contributed by atoms with E-state index in [2.05, 4.69) is 9.97 Å². The molecule has 0 atom stereocenters. The molecule has 6 heteroatoms. The number of hydrogen-bond donors (Lipinski definition) is 1. The van der Waals surface area contributed by atoms with Crippen LogP contribution in [0.3, 0.4) is 0 Å². The highest BCUT2D eigenvalue weighted by Crippen LogP contribution is 2.44. The van der Waals surface area contributed by atoms with Crippen LogP contribution in [-0.2, 0) is 12.3 Å². The number of alkyl halides is 1. The maximum absolute atomic E-state index is 13.3. The Hall–Kier alpha value is -1.72. The first-order valence-corrected chi connectivity index (χ1v) is 7.42. The highest BCUT2D eigenvalue weighted by molar-refractivity contribution is 7.19. The smallest absolute Gasteiger partial charge is 0.260 e. The maximum Gasteiger partial charge on any atom is 0.260 e. The second-order valence-electron chi connectivity index (χ2n) is 4.70. The highest BCUT2D eigenvalue weighted by Gasteiger charge is 2.26. The molecular weight excluding hydrogens is 299 g/mol. The molecule has 0 fully saturated rings. The number of fused-ring (bicyclic) bond motifs is 5. The van der Waals surface area contributed by atoms with E-state index in [1.165, 1.54) is 23.5 Å². The number of hydrogen-bond acceptors (Lipinski definition) is 3. The van der Waals surface area contributed by atoms with Gasteiger partial charge in [0.2, 0.25) is 0 Å². The number of thiophene rings is 1. The van der Waals surface area contributed by atoms with Crippen LogP contribution >= 0.6 is 22.9 Å². The molecule has 2 heterocycles. The molecular formula is C14H8ClFN2OS. The molecule has 4 rings (SSSR count). The Balaban J connectivity index is 2.08. The summed E-state index contributed by atoms with van der Waals surface area (Å²) in [6.07, 6.45) is 0.652. The lowest BCUT2D eigenvalue weighted by atomic mass is 10.1. The van der Waals surface area contributed by atoms with Gasteiger partial charge in [-0.15, -0.1) is 22.9 Å². The van der Waals surface area contributed by atoms with E-state index in [1.807, 2.05) is 0 Å². The number of aromatic amines is 1. The van der Waals surface area contributed by atoms with Crippen molar-refractivity contribution in [2.45, 2.75) is 12.3 Å². The van der Waals surface area contributed by atoms with Crippen molar-refractivity contribution >= 4 is 33.2 Å². The van der Waals surface area contributed by atoms with Gasteiger partial charge in [0.05, 0.1) is 11.3 Å². The first-order valence-electron chi connectivity index (χ1n) is 6.06. The van der Waals surface area contributed by atoms with Crippen LogP contribution in [0.2, 0.25) is 0 Å². The minimum atomic E-state index is -0.250. The minimum Gasteiger partial charge on any atom is -0.309 e. The van der Waals surface area contributed by atoms with Gasteiger partial charge in [-0.3, -0.25) is 4.79 Å². The molecule has 0 unspecified atom stereocenters. The Labute approximate surface area is 122 Å². The zero-order chi connectivity index (χ0) is 13.9. The molecule has 3 nitrogen and oxygen atoms in total. The highest BCUT2D eigenvalue weighted by atomic mass is 35.5. The number of nitrogens with one attached hydrogen (secondary N) is 1. The molecule has 2 aromatic heterocycles. The maximum atomic E-state index is 13.3. The fourth-order valence-electron chi connectivity index (χ4n) is 2.70. The van der Waals surface area contributed by atoms with Crippen LogP contribution in [0, 0.1) is 5.82 Å². The van der Waals surface area contributed by atoms with E-state index in [0.29, 0.717) is 22.5 Å². The third-order valence-corrected chi connectivity index (χ3v) is 4.83. The van der Waals surface area contributed by atoms with Crippen LogP contribution in [-0.4, -0.2) is 9.97 Å². The third-order valence-electron chi connectivity index (χ3n) is 3.50. The zero-order valence-corrected chi connectivity index (χ0v) is 11.7. The summed E-state index contributed by atoms with van der Waals surface area (Å²) in [5, 5.41) is 0.587. The van der Waals surface area contributed by atoms with E-state index < -0.39 is 0 Å². The lowest BCUT2D eigenvalue weighted by molar-refractivity contribution is 0.626. The lowest BCUT2D eigenvalue weighted by Gasteiger charge is -2.01. The van der Waals surface area contributed by atoms with Gasteiger partial charge in [0.15, 0.2) is 0 Å². The number of H-pyrrole nitrogens is 1. The molecule has 0 amide bonds. The van der Waals surface area contributed by atoms with Gasteiger partial charge in [-0.1, -0.05) is 6.07 Å². The molecule has 1 aliphatic rings. The molecule has 3 aromatic rings. The Morgan fingerprint density at radius 3 is 3.10 bits per heavy atom. The topological polar surface area (TPSA) is 45.8 Å². The molecule has 0 spiro atoms. The van der Waals surface area contributed by atoms with Crippen molar-refractivity contribution in [2.75, 3.05) is 0 Å². The van der Waals surface area contributed by atoms with Gasteiger partial charge in [-0.05, 0) is 23.3 Å². The molecule has 0 saturated heterocycles. The summed E-state index contributed by atoms with van der Waals surface area (Å²) in [4.78, 5) is 21.1. The van der Waals surface area contributed by atoms with Crippen LogP contribution in [0.25, 0.3) is 21.3 Å². The van der Waals surface area contributed by atoms with Gasteiger partial charge in [0.25, 0.3) is 5.56 Å². The SMILES string of the molecule is O=c1[nH]c(CCl)nc2sc3c(c12)-c1ccc(F)cc1C3. The van der Waals surface area contributed by atoms with E-state index in [4.69, 9.17) is 11.6 Å². The first-order chi connectivity index (χ1) is 9.67. The number of benzene rings is 1. The van der Waals surface area contributed by atoms with Gasteiger partial charge < -0.3 is 4.98 Å². The summed E-state index contributed by atoms with van der Waals surface area (Å²) in [7, 11) is 0. The van der Waals surface area contributed by atoms with Crippen molar-refractivity contribution in [3.05, 3.63) is 50.6 Å². The molecule has 1 aromatic carbocycles. The lowest BCUT2D eigenvalue weighted by Crippen LogP contribution is -2.10. The molecule has 0 saturated carbocycles. The summed E-state index contributed by atoms with van der Waals surface area (Å²) in [6, 6.07) is 4.69. The van der Waals surface area contributed by atoms with E-state index >= 15 is 0 Å². The quantitative estimate of drug-likeness (QED) is 0.548. The Bertz CT molecular complexity index is 915. The van der Waals surface area contributed by atoms with E-state index in [0.717, 1.165) is 21.6 Å². The van der Waals surface area contributed by atoms with E-state index in [1.54, 1.807) is 6.07 Å². The molecule has 0 radical (unpaired) electrons. The number of rotatable bonds is 1. The molecule has 0 bridgehead atoms. The predicted octanol–water partition coefficient (Wildman–Crippen LogP) is 3.43. The summed E-state index contributed by atoms with van der Waals surface area (Å²) in [6.45, 7) is 0. The van der Waals surface area contributed by atoms with Gasteiger partial charge in [0.1, 0.15) is 16.5 Å². The Morgan fingerprint density at radius 1 is 1.45 bits per heavy atom. The molecule has 1 aliphatic carbocycles. The van der Waals surface area contributed by atoms with Crippen molar-refractivity contribution in [1.29, 1.82) is 0 Å². The Kier molecular flexibility index (Phi) is 2.49. The summed E-state index contributed by atoms with van der Waals surface area (Å²) in [5.74, 6) is 0.401. The normalized spacial score (nSPS) is 12.7. The standard InChI is InChI=1S/C14H8ClFN2OS/c15-5-10-17-13(19)12-11-8-2-1-7(16)3-6(8)4-9(11)20-14(12)18-10/h1-3H,4-5H2,(H,17,18,19). The second-order valence-corrected chi connectivity index (χ2v) is 6.06. The van der Waals surface area contributed by atoms with Gasteiger partial charge >= 0.3 is 0 Å². The predicted molar refractivity (Wildman–Crippen MR) is 78.0 cm³/mol. The largest absolute Gasteiger partial charge is 0.309 e. The molecule has 1 N–H and O–H groups in total. The average molecular weight is 307 g/mol. The van der Waals surface area contributed by atoms with Crippen LogP contribution < -0.4 is 5.56 Å². The number of nitrogens with zero attached hydrogens (tertiary/aromatic N) is 1. The van der Waals surface area contributed by atoms with Crippen LogP contribution in [0.4, 0.5) is 4.39 Å². The van der Waals surface area contributed by atoms with Gasteiger partial charge in [-0.2, -0.15) is 0 Å². The van der Waals surface area contributed by atoms with Crippen LogP contribution in [0.5, 0.6) is 0 Å². The summed E-state index contributed by atoms with van der Waals surface area (Å²) < 4.78 is 13.3. The van der Waals surface area contributed by atoms with Crippen LogP contribution in [0.15, 0.2) is 23.0 Å². The van der Waals surface area contributed by atoms with Crippen molar-refractivity contribution in [2.24, 2.45) is 0 Å². The van der Waals surface area contributed by atoms with Crippen molar-refractivity contribution in [1.82, 2.24) is 9.97 Å². The summed E-state index contributed by atoms with van der Waals surface area (Å²) >= 11 is 7.20. The number of halogens is 2. The zero-order valence-electron chi connectivity index (χ0n) is 10.2. The monoisotopic (exact) mass is 306 g/mol.